The van der Waals surface area contributed by atoms with Gasteiger partial charge < -0.3 is 14.2 Å². The average molecular weight is 863 g/mol. The Morgan fingerprint density at radius 3 is 1.23 bits per heavy atom. The van der Waals surface area contributed by atoms with Gasteiger partial charge in [0, 0.05) is 19.3 Å². The maximum Gasteiger partial charge on any atom is 0.306 e. The molecule has 6 nitrogen and oxygen atoms in total. The first kappa shape index (κ1) is 58.6. The molecule has 62 heavy (non-hydrogen) atoms. The van der Waals surface area contributed by atoms with E-state index in [0.717, 1.165) is 89.9 Å². The molecule has 0 spiro atoms. The number of allylic oxidation sites excluding steroid dienone is 14. The Morgan fingerprint density at radius 1 is 0.355 bits per heavy atom. The second-order valence-electron chi connectivity index (χ2n) is 16.8. The smallest absolute Gasteiger partial charge is 0.306 e. The van der Waals surface area contributed by atoms with E-state index in [1.165, 1.54) is 96.3 Å². The molecule has 0 rings (SSSR count). The molecule has 0 saturated heterocycles. The van der Waals surface area contributed by atoms with E-state index in [-0.39, 0.29) is 44.0 Å². The molecule has 0 radical (unpaired) electrons. The van der Waals surface area contributed by atoms with Crippen molar-refractivity contribution in [3.8, 4) is 0 Å². The average Bonchev–Trinajstić information content (AvgIpc) is 3.27. The van der Waals surface area contributed by atoms with E-state index in [0.29, 0.717) is 12.8 Å². The van der Waals surface area contributed by atoms with Gasteiger partial charge in [-0.05, 0) is 83.5 Å². The zero-order valence-electron chi connectivity index (χ0n) is 40.4. The lowest BCUT2D eigenvalue weighted by molar-refractivity contribution is -0.166. The lowest BCUT2D eigenvalue weighted by atomic mass is 10.1. The molecular weight excluding hydrogens is 769 g/mol. The predicted molar refractivity (Wildman–Crippen MR) is 265 cm³/mol. The fourth-order valence-corrected chi connectivity index (χ4v) is 6.85. The van der Waals surface area contributed by atoms with Crippen LogP contribution in [0.5, 0.6) is 0 Å². The predicted octanol–water partition coefficient (Wildman–Crippen LogP) is 16.8. The van der Waals surface area contributed by atoms with Gasteiger partial charge in [0.25, 0.3) is 0 Å². The molecule has 0 saturated carbocycles. The normalized spacial score (nSPS) is 12.8. The summed E-state index contributed by atoms with van der Waals surface area (Å²) in [4.78, 5) is 37.9. The van der Waals surface area contributed by atoms with E-state index in [2.05, 4.69) is 75.5 Å². The number of ether oxygens (including phenoxy) is 3. The molecule has 0 aromatic heterocycles. The molecule has 1 atom stereocenters. The van der Waals surface area contributed by atoms with Gasteiger partial charge in [0.2, 0.25) is 0 Å². The van der Waals surface area contributed by atoms with Gasteiger partial charge in [0.05, 0.1) is 0 Å². The third kappa shape index (κ3) is 47.6. The van der Waals surface area contributed by atoms with E-state index >= 15 is 0 Å². The van der Waals surface area contributed by atoms with Crippen molar-refractivity contribution in [2.24, 2.45) is 0 Å². The summed E-state index contributed by atoms with van der Waals surface area (Å²) < 4.78 is 16.7. The summed E-state index contributed by atoms with van der Waals surface area (Å²) in [6.45, 7) is 6.40. The van der Waals surface area contributed by atoms with Crippen LogP contribution in [0.25, 0.3) is 0 Å². The van der Waals surface area contributed by atoms with Crippen molar-refractivity contribution in [1.82, 2.24) is 0 Å². The molecule has 0 aliphatic carbocycles. The number of unbranched alkanes of at least 4 members (excludes halogenated alkanes) is 23. The summed E-state index contributed by atoms with van der Waals surface area (Å²) in [5.41, 5.74) is 0. The van der Waals surface area contributed by atoms with Gasteiger partial charge in [-0.3, -0.25) is 14.4 Å². The number of carbonyl (C=O) groups excluding carboxylic acids is 3. The van der Waals surface area contributed by atoms with Crippen LogP contribution in [0.1, 0.15) is 233 Å². The van der Waals surface area contributed by atoms with Crippen LogP contribution in [0, 0.1) is 0 Å². The number of carbonyl (C=O) groups is 3. The lowest BCUT2D eigenvalue weighted by Gasteiger charge is -2.18. The summed E-state index contributed by atoms with van der Waals surface area (Å²) >= 11 is 0. The Kier molecular flexibility index (Phi) is 47.5. The van der Waals surface area contributed by atoms with Gasteiger partial charge in [0.15, 0.2) is 6.10 Å². The van der Waals surface area contributed by atoms with Crippen molar-refractivity contribution in [2.75, 3.05) is 13.2 Å². The Hall–Kier alpha value is -3.41. The lowest BCUT2D eigenvalue weighted by Crippen LogP contribution is -2.30. The van der Waals surface area contributed by atoms with E-state index in [1.807, 2.05) is 30.4 Å². The highest BCUT2D eigenvalue weighted by atomic mass is 16.6. The SMILES string of the molecule is CC/C=C/C=C/C=C/C=C/CCCCCCCC(=O)OC(COC(=O)CC/C=C/C/C=C/CCCCCCCC)COC(=O)CCCCCCC/C=C/CCCCCCCCC. The fraction of sp³-hybridized carbons (Fsp3) is 0.696. The molecule has 0 fully saturated rings. The summed E-state index contributed by atoms with van der Waals surface area (Å²) in [5.74, 6) is -1.01. The summed E-state index contributed by atoms with van der Waals surface area (Å²) in [6.07, 6.45) is 64.3. The Balaban J connectivity index is 4.50. The van der Waals surface area contributed by atoms with Gasteiger partial charge in [-0.25, -0.2) is 0 Å². The minimum atomic E-state index is -0.814. The largest absolute Gasteiger partial charge is 0.462 e. The van der Waals surface area contributed by atoms with Crippen LogP contribution >= 0.6 is 0 Å². The number of hydrogen-bond acceptors (Lipinski definition) is 6. The van der Waals surface area contributed by atoms with Gasteiger partial charge in [-0.15, -0.1) is 0 Å². The van der Waals surface area contributed by atoms with Crippen molar-refractivity contribution in [1.29, 1.82) is 0 Å². The highest BCUT2D eigenvalue weighted by Crippen LogP contribution is 2.13. The first-order valence-electron chi connectivity index (χ1n) is 25.6. The minimum Gasteiger partial charge on any atom is -0.462 e. The monoisotopic (exact) mass is 863 g/mol. The highest BCUT2D eigenvalue weighted by molar-refractivity contribution is 5.71. The Labute approximate surface area is 382 Å². The Morgan fingerprint density at radius 2 is 0.726 bits per heavy atom. The standard InChI is InChI=1S/C56H94O6/c1-4-7-10-13-16-19-22-25-27-29-31-34-37-40-43-46-49-55(58)61-52-53(51-60-54(57)48-45-42-39-36-33-30-24-21-18-15-12-9-6-3)62-56(59)50-47-44-41-38-35-32-28-26-23-20-17-14-11-8-5-2/h8,11,14,17,20,23,26-30,33,39,42,53H,4-7,9-10,12-13,15-16,18-19,21-22,24-25,31-32,34-38,40-41,43-52H2,1-3H3/b11-8+,17-14+,23-20+,28-26+,29-27+,33-30+,42-39+. The summed E-state index contributed by atoms with van der Waals surface area (Å²) in [7, 11) is 0. The third-order valence-electron chi connectivity index (χ3n) is 10.7. The van der Waals surface area contributed by atoms with Crippen LogP contribution in [0.2, 0.25) is 0 Å². The second kappa shape index (κ2) is 50.2. The molecule has 0 bridgehead atoms. The van der Waals surface area contributed by atoms with Crippen LogP contribution in [0.4, 0.5) is 0 Å². The van der Waals surface area contributed by atoms with E-state index < -0.39 is 6.10 Å². The number of rotatable bonds is 45. The molecule has 0 heterocycles. The molecule has 0 N–H and O–H groups in total. The van der Waals surface area contributed by atoms with Crippen LogP contribution in [-0.2, 0) is 28.6 Å². The first-order chi connectivity index (χ1) is 30.5. The van der Waals surface area contributed by atoms with Crippen LogP contribution in [0.3, 0.4) is 0 Å². The molecule has 0 aliphatic rings. The maximum atomic E-state index is 12.8. The first-order valence-corrected chi connectivity index (χ1v) is 25.6. The van der Waals surface area contributed by atoms with Gasteiger partial charge in [-0.1, -0.05) is 215 Å². The van der Waals surface area contributed by atoms with Crippen molar-refractivity contribution in [2.45, 2.75) is 239 Å². The van der Waals surface area contributed by atoms with Crippen molar-refractivity contribution >= 4 is 17.9 Å². The van der Waals surface area contributed by atoms with E-state index in [9.17, 15) is 14.4 Å². The zero-order chi connectivity index (χ0) is 45.1. The minimum absolute atomic E-state index is 0.108. The van der Waals surface area contributed by atoms with E-state index in [4.69, 9.17) is 14.2 Å². The van der Waals surface area contributed by atoms with Gasteiger partial charge >= 0.3 is 17.9 Å². The highest BCUT2D eigenvalue weighted by Gasteiger charge is 2.19. The molecule has 1 unspecified atom stereocenters. The van der Waals surface area contributed by atoms with Crippen LogP contribution in [0.15, 0.2) is 85.1 Å². The number of hydrogen-bond donors (Lipinski definition) is 0. The topological polar surface area (TPSA) is 78.9 Å². The fourth-order valence-electron chi connectivity index (χ4n) is 6.85. The van der Waals surface area contributed by atoms with Crippen molar-refractivity contribution in [3.63, 3.8) is 0 Å². The van der Waals surface area contributed by atoms with Crippen LogP contribution < -0.4 is 0 Å². The van der Waals surface area contributed by atoms with Gasteiger partial charge in [0.1, 0.15) is 13.2 Å². The quantitative estimate of drug-likeness (QED) is 0.0199. The third-order valence-corrected chi connectivity index (χ3v) is 10.7. The second-order valence-corrected chi connectivity index (χ2v) is 16.8. The maximum absolute atomic E-state index is 12.8. The Bertz CT molecular complexity index is 1220. The molecule has 0 amide bonds. The van der Waals surface area contributed by atoms with Crippen molar-refractivity contribution in [3.05, 3.63) is 85.1 Å². The zero-order valence-corrected chi connectivity index (χ0v) is 40.4. The molecular formula is C56H94O6. The van der Waals surface area contributed by atoms with Gasteiger partial charge in [-0.2, -0.15) is 0 Å². The summed E-state index contributed by atoms with van der Waals surface area (Å²) in [5, 5.41) is 0. The summed E-state index contributed by atoms with van der Waals surface area (Å²) in [6, 6.07) is 0. The van der Waals surface area contributed by atoms with E-state index in [1.54, 1.807) is 0 Å². The number of esters is 3. The molecule has 0 aliphatic heterocycles. The van der Waals surface area contributed by atoms with Crippen LogP contribution in [-0.4, -0.2) is 37.2 Å². The molecule has 0 aromatic rings. The van der Waals surface area contributed by atoms with Crippen molar-refractivity contribution < 1.29 is 28.6 Å². The molecule has 354 valence electrons. The molecule has 6 heteroatoms. The molecule has 0 aromatic carbocycles.